The van der Waals surface area contributed by atoms with Crippen molar-refractivity contribution in [2.45, 2.75) is 26.3 Å². The molecule has 3 aromatic rings. The first-order chi connectivity index (χ1) is 12.8. The molecule has 27 heavy (non-hydrogen) atoms. The second kappa shape index (κ2) is 8.03. The standard InChI is InChI=1S/C20H19Cl2N3O2/c1-11(2)23-17(26)9-12-3-6-14(7-4-12)24-20(27)19-18(22)15-10-13(21)5-8-16(15)25-19/h3-8,10-11,25H,9H2,1-2H3,(H,23,26)(H,24,27). The van der Waals surface area contributed by atoms with Crippen LogP contribution in [0.25, 0.3) is 10.9 Å². The number of carbonyl (C=O) groups excluding carboxylic acids is 2. The van der Waals surface area contributed by atoms with Crippen LogP contribution < -0.4 is 10.6 Å². The lowest BCUT2D eigenvalue weighted by atomic mass is 10.1. The summed E-state index contributed by atoms with van der Waals surface area (Å²) in [6.07, 6.45) is 0.293. The number of aromatic amines is 1. The molecule has 0 saturated carbocycles. The normalized spacial score (nSPS) is 11.0. The number of rotatable bonds is 5. The first kappa shape index (κ1) is 19.3. The van der Waals surface area contributed by atoms with E-state index in [0.29, 0.717) is 27.5 Å². The Kier molecular flexibility index (Phi) is 5.73. The number of carbonyl (C=O) groups is 2. The third-order valence-electron chi connectivity index (χ3n) is 3.95. The van der Waals surface area contributed by atoms with Crippen LogP contribution in [0.5, 0.6) is 0 Å². The molecule has 0 aliphatic carbocycles. The number of benzene rings is 2. The largest absolute Gasteiger partial charge is 0.354 e. The third-order valence-corrected chi connectivity index (χ3v) is 4.58. The van der Waals surface area contributed by atoms with Crippen LogP contribution in [-0.4, -0.2) is 22.8 Å². The van der Waals surface area contributed by atoms with Gasteiger partial charge in [0.15, 0.2) is 0 Å². The zero-order valence-corrected chi connectivity index (χ0v) is 16.4. The van der Waals surface area contributed by atoms with Crippen LogP contribution >= 0.6 is 23.2 Å². The second-order valence-corrected chi connectivity index (χ2v) is 7.37. The molecule has 0 aliphatic rings. The van der Waals surface area contributed by atoms with E-state index in [-0.39, 0.29) is 23.6 Å². The molecule has 0 spiro atoms. The molecule has 0 unspecified atom stereocenters. The van der Waals surface area contributed by atoms with Gasteiger partial charge >= 0.3 is 0 Å². The van der Waals surface area contributed by atoms with Crippen molar-refractivity contribution < 1.29 is 9.59 Å². The van der Waals surface area contributed by atoms with Crippen LogP contribution in [0, 0.1) is 0 Å². The summed E-state index contributed by atoms with van der Waals surface area (Å²) in [7, 11) is 0. The van der Waals surface area contributed by atoms with Crippen LogP contribution in [0.3, 0.4) is 0 Å². The van der Waals surface area contributed by atoms with Crippen LogP contribution in [-0.2, 0) is 11.2 Å². The smallest absolute Gasteiger partial charge is 0.273 e. The van der Waals surface area contributed by atoms with Gasteiger partial charge in [-0.05, 0) is 49.7 Å². The fraction of sp³-hybridized carbons (Fsp3) is 0.200. The molecule has 2 amide bonds. The van der Waals surface area contributed by atoms with E-state index in [4.69, 9.17) is 23.2 Å². The molecule has 0 fully saturated rings. The number of H-pyrrole nitrogens is 1. The fourth-order valence-corrected chi connectivity index (χ4v) is 3.21. The molecular formula is C20H19Cl2N3O2. The van der Waals surface area contributed by atoms with Crippen LogP contribution in [0.1, 0.15) is 29.9 Å². The van der Waals surface area contributed by atoms with Gasteiger partial charge in [-0.15, -0.1) is 0 Å². The Bertz CT molecular complexity index is 994. The Morgan fingerprint density at radius 2 is 1.78 bits per heavy atom. The highest BCUT2D eigenvalue weighted by Crippen LogP contribution is 2.30. The summed E-state index contributed by atoms with van der Waals surface area (Å²) in [6, 6.07) is 12.4. The number of hydrogen-bond donors (Lipinski definition) is 3. The molecule has 2 aromatic carbocycles. The first-order valence-electron chi connectivity index (χ1n) is 8.50. The molecule has 3 rings (SSSR count). The molecule has 0 aliphatic heterocycles. The highest BCUT2D eigenvalue weighted by molar-refractivity contribution is 6.40. The number of amides is 2. The molecule has 0 atom stereocenters. The zero-order chi connectivity index (χ0) is 19.6. The quantitative estimate of drug-likeness (QED) is 0.572. The maximum Gasteiger partial charge on any atom is 0.273 e. The molecule has 3 N–H and O–H groups in total. The third kappa shape index (κ3) is 4.62. The molecule has 140 valence electrons. The molecule has 5 nitrogen and oxygen atoms in total. The first-order valence-corrected chi connectivity index (χ1v) is 9.25. The van der Waals surface area contributed by atoms with Gasteiger partial charge in [0, 0.05) is 27.7 Å². The van der Waals surface area contributed by atoms with Crippen molar-refractivity contribution in [2.75, 3.05) is 5.32 Å². The second-order valence-electron chi connectivity index (χ2n) is 6.55. The van der Waals surface area contributed by atoms with Gasteiger partial charge in [0.1, 0.15) is 5.69 Å². The van der Waals surface area contributed by atoms with Crippen molar-refractivity contribution in [1.82, 2.24) is 10.3 Å². The number of nitrogens with one attached hydrogen (secondary N) is 3. The molecule has 0 bridgehead atoms. The van der Waals surface area contributed by atoms with Gasteiger partial charge < -0.3 is 15.6 Å². The van der Waals surface area contributed by atoms with Gasteiger partial charge in [-0.25, -0.2) is 0 Å². The van der Waals surface area contributed by atoms with Crippen molar-refractivity contribution in [2.24, 2.45) is 0 Å². The van der Waals surface area contributed by atoms with Gasteiger partial charge in [-0.3, -0.25) is 9.59 Å². The van der Waals surface area contributed by atoms with Crippen molar-refractivity contribution >= 4 is 51.6 Å². The Hall–Kier alpha value is -2.50. The maximum atomic E-state index is 12.5. The zero-order valence-electron chi connectivity index (χ0n) is 14.9. The van der Waals surface area contributed by atoms with Crippen LogP contribution in [0.15, 0.2) is 42.5 Å². The van der Waals surface area contributed by atoms with Crippen molar-refractivity contribution in [3.05, 3.63) is 63.8 Å². The van der Waals surface area contributed by atoms with Crippen molar-refractivity contribution in [1.29, 1.82) is 0 Å². The predicted octanol–water partition coefficient (Wildman–Crippen LogP) is 4.79. The summed E-state index contributed by atoms with van der Waals surface area (Å²) in [4.78, 5) is 27.4. The van der Waals surface area contributed by atoms with E-state index in [1.54, 1.807) is 30.3 Å². The minimum Gasteiger partial charge on any atom is -0.354 e. The summed E-state index contributed by atoms with van der Waals surface area (Å²) < 4.78 is 0. The summed E-state index contributed by atoms with van der Waals surface area (Å²) in [5.74, 6) is -0.386. The van der Waals surface area contributed by atoms with Crippen LogP contribution in [0.4, 0.5) is 5.69 Å². The van der Waals surface area contributed by atoms with Gasteiger partial charge in [-0.1, -0.05) is 35.3 Å². The summed E-state index contributed by atoms with van der Waals surface area (Å²) in [6.45, 7) is 3.83. The van der Waals surface area contributed by atoms with E-state index in [0.717, 1.165) is 11.1 Å². The molecule has 0 saturated heterocycles. The van der Waals surface area contributed by atoms with Crippen LogP contribution in [0.2, 0.25) is 10.0 Å². The Morgan fingerprint density at radius 1 is 1.07 bits per heavy atom. The van der Waals surface area contributed by atoms with Crippen molar-refractivity contribution in [3.63, 3.8) is 0 Å². The molecular weight excluding hydrogens is 385 g/mol. The average molecular weight is 404 g/mol. The lowest BCUT2D eigenvalue weighted by Crippen LogP contribution is -2.31. The Labute approximate surface area is 167 Å². The molecule has 1 aromatic heterocycles. The average Bonchev–Trinajstić information content (AvgIpc) is 2.92. The number of hydrogen-bond acceptors (Lipinski definition) is 2. The van der Waals surface area contributed by atoms with E-state index in [9.17, 15) is 9.59 Å². The van der Waals surface area contributed by atoms with Gasteiger partial charge in [0.25, 0.3) is 5.91 Å². The van der Waals surface area contributed by atoms with E-state index in [2.05, 4.69) is 15.6 Å². The fourth-order valence-electron chi connectivity index (χ4n) is 2.75. The number of halogens is 2. The van der Waals surface area contributed by atoms with Gasteiger partial charge in [0.05, 0.1) is 11.4 Å². The lowest BCUT2D eigenvalue weighted by Gasteiger charge is -2.09. The summed E-state index contributed by atoms with van der Waals surface area (Å²) in [5, 5.41) is 7.21. The molecule has 1 heterocycles. The highest BCUT2D eigenvalue weighted by Gasteiger charge is 2.17. The minimum atomic E-state index is -0.349. The van der Waals surface area contributed by atoms with E-state index >= 15 is 0 Å². The number of anilines is 1. The number of aromatic nitrogens is 1. The lowest BCUT2D eigenvalue weighted by molar-refractivity contribution is -0.120. The Balaban J connectivity index is 1.71. The Morgan fingerprint density at radius 3 is 2.44 bits per heavy atom. The molecule has 0 radical (unpaired) electrons. The van der Waals surface area contributed by atoms with E-state index in [1.165, 1.54) is 0 Å². The summed E-state index contributed by atoms with van der Waals surface area (Å²) in [5.41, 5.74) is 2.49. The predicted molar refractivity (Wildman–Crippen MR) is 110 cm³/mol. The van der Waals surface area contributed by atoms with Crippen molar-refractivity contribution in [3.8, 4) is 0 Å². The van der Waals surface area contributed by atoms with Gasteiger partial charge in [0.2, 0.25) is 5.91 Å². The highest BCUT2D eigenvalue weighted by atomic mass is 35.5. The van der Waals surface area contributed by atoms with Gasteiger partial charge in [-0.2, -0.15) is 0 Å². The van der Waals surface area contributed by atoms with E-state index in [1.807, 2.05) is 26.0 Å². The SMILES string of the molecule is CC(C)NC(=O)Cc1ccc(NC(=O)c2[nH]c3ccc(Cl)cc3c2Cl)cc1. The molecule has 7 heteroatoms. The van der Waals surface area contributed by atoms with E-state index < -0.39 is 0 Å². The number of fused-ring (bicyclic) bond motifs is 1. The topological polar surface area (TPSA) is 74.0 Å². The summed E-state index contributed by atoms with van der Waals surface area (Å²) >= 11 is 12.3. The minimum absolute atomic E-state index is 0.0368. The monoisotopic (exact) mass is 403 g/mol. The maximum absolute atomic E-state index is 12.5.